The van der Waals surface area contributed by atoms with Gasteiger partial charge in [0.25, 0.3) is 0 Å². The lowest BCUT2D eigenvalue weighted by Crippen LogP contribution is -2.49. The third kappa shape index (κ3) is 4.16. The summed E-state index contributed by atoms with van der Waals surface area (Å²) in [7, 11) is 0. The number of aryl methyl sites for hydroxylation is 1. The Kier molecular flexibility index (Phi) is 5.68. The van der Waals surface area contributed by atoms with E-state index in [9.17, 15) is 14.0 Å². The number of nitrogens with zero attached hydrogens (tertiary/aromatic N) is 1. The van der Waals surface area contributed by atoms with Crippen molar-refractivity contribution in [3.63, 3.8) is 0 Å². The Morgan fingerprint density at radius 1 is 1.21 bits per heavy atom. The summed E-state index contributed by atoms with van der Waals surface area (Å²) in [4.78, 5) is 25.9. The van der Waals surface area contributed by atoms with E-state index in [4.69, 9.17) is 10.5 Å². The van der Waals surface area contributed by atoms with Gasteiger partial charge in [-0.2, -0.15) is 0 Å². The van der Waals surface area contributed by atoms with E-state index in [1.165, 1.54) is 12.1 Å². The van der Waals surface area contributed by atoms with Crippen LogP contribution in [-0.4, -0.2) is 23.4 Å². The van der Waals surface area contributed by atoms with Crippen molar-refractivity contribution in [1.29, 1.82) is 0 Å². The van der Waals surface area contributed by atoms with Crippen LogP contribution >= 0.6 is 0 Å². The molecule has 0 aliphatic carbocycles. The molecular weight excluding hydrogens is 359 g/mol. The summed E-state index contributed by atoms with van der Waals surface area (Å²) < 4.78 is 19.2. The Morgan fingerprint density at radius 3 is 2.43 bits per heavy atom. The first kappa shape index (κ1) is 19.9. The standard InChI is InChI=1S/C22H25FN2O3/c1-15-3-5-17(6-4-15)16(2)25-14-13-22(28-21(25)27,12-11-20(24)26)18-7-9-19(23)10-8-18/h3-10,16H,11-14H2,1-2H3,(H2,24,26)/t16?,22-/m1/s1. The van der Waals surface area contributed by atoms with Gasteiger partial charge in [-0.25, -0.2) is 9.18 Å². The summed E-state index contributed by atoms with van der Waals surface area (Å²) in [6.07, 6.45) is 0.395. The number of rotatable bonds is 6. The Morgan fingerprint density at radius 2 is 1.86 bits per heavy atom. The van der Waals surface area contributed by atoms with E-state index in [0.717, 1.165) is 11.1 Å². The lowest BCUT2D eigenvalue weighted by atomic mass is 9.84. The predicted molar refractivity (Wildman–Crippen MR) is 104 cm³/mol. The highest BCUT2D eigenvalue weighted by Crippen LogP contribution is 2.40. The molecule has 1 aliphatic heterocycles. The lowest BCUT2D eigenvalue weighted by molar-refractivity contribution is -0.121. The van der Waals surface area contributed by atoms with Gasteiger partial charge in [0.15, 0.2) is 0 Å². The van der Waals surface area contributed by atoms with Crippen molar-refractivity contribution in [3.8, 4) is 0 Å². The fraction of sp³-hybridized carbons (Fsp3) is 0.364. The zero-order chi connectivity index (χ0) is 20.3. The molecule has 2 N–H and O–H groups in total. The summed E-state index contributed by atoms with van der Waals surface area (Å²) in [5.41, 5.74) is 7.18. The first-order valence-electron chi connectivity index (χ1n) is 9.41. The van der Waals surface area contributed by atoms with E-state index in [1.54, 1.807) is 17.0 Å². The van der Waals surface area contributed by atoms with Gasteiger partial charge in [-0.05, 0) is 37.1 Å². The van der Waals surface area contributed by atoms with Gasteiger partial charge in [0.1, 0.15) is 11.4 Å². The Balaban J connectivity index is 1.83. The van der Waals surface area contributed by atoms with Crippen molar-refractivity contribution in [2.75, 3.05) is 6.54 Å². The average molecular weight is 384 g/mol. The summed E-state index contributed by atoms with van der Waals surface area (Å²) in [5.74, 6) is -0.835. The Hall–Kier alpha value is -2.89. The molecule has 0 aromatic heterocycles. The maximum Gasteiger partial charge on any atom is 0.411 e. The minimum Gasteiger partial charge on any atom is -0.438 e. The first-order chi connectivity index (χ1) is 13.3. The van der Waals surface area contributed by atoms with Gasteiger partial charge in [0.2, 0.25) is 5.91 Å². The molecule has 0 bridgehead atoms. The number of nitrogens with two attached hydrogens (primary N) is 1. The van der Waals surface area contributed by atoms with Crippen molar-refractivity contribution in [2.24, 2.45) is 5.73 Å². The fourth-order valence-electron chi connectivity index (χ4n) is 3.65. The predicted octanol–water partition coefficient (Wildman–Crippen LogP) is 4.20. The highest BCUT2D eigenvalue weighted by Gasteiger charge is 2.43. The fourth-order valence-corrected chi connectivity index (χ4v) is 3.65. The number of amides is 2. The van der Waals surface area contributed by atoms with Crippen LogP contribution in [0.3, 0.4) is 0 Å². The highest BCUT2D eigenvalue weighted by atomic mass is 19.1. The normalized spacial score (nSPS) is 20.5. The summed E-state index contributed by atoms with van der Waals surface area (Å²) in [5, 5.41) is 0. The van der Waals surface area contributed by atoms with Crippen LogP contribution in [-0.2, 0) is 15.1 Å². The van der Waals surface area contributed by atoms with Gasteiger partial charge in [-0.15, -0.1) is 0 Å². The summed E-state index contributed by atoms with van der Waals surface area (Å²) in [6.45, 7) is 4.43. The molecule has 6 heteroatoms. The number of carbonyl (C=O) groups is 2. The number of primary amides is 1. The molecule has 1 unspecified atom stereocenters. The van der Waals surface area contributed by atoms with Crippen LogP contribution in [0.5, 0.6) is 0 Å². The average Bonchev–Trinajstić information content (AvgIpc) is 2.67. The van der Waals surface area contributed by atoms with Crippen LogP contribution in [0.1, 0.15) is 48.9 Å². The zero-order valence-corrected chi connectivity index (χ0v) is 16.2. The van der Waals surface area contributed by atoms with Crippen molar-refractivity contribution >= 4 is 12.0 Å². The van der Waals surface area contributed by atoms with Crippen molar-refractivity contribution in [2.45, 2.75) is 44.8 Å². The molecule has 1 heterocycles. The van der Waals surface area contributed by atoms with E-state index in [2.05, 4.69) is 0 Å². The van der Waals surface area contributed by atoms with Crippen molar-refractivity contribution < 1.29 is 18.7 Å². The number of benzene rings is 2. The summed E-state index contributed by atoms with van der Waals surface area (Å²) >= 11 is 0. The molecule has 2 atom stereocenters. The molecule has 148 valence electrons. The molecule has 5 nitrogen and oxygen atoms in total. The molecule has 0 saturated carbocycles. The molecule has 0 radical (unpaired) electrons. The van der Waals surface area contributed by atoms with Crippen LogP contribution < -0.4 is 5.73 Å². The monoisotopic (exact) mass is 384 g/mol. The molecule has 2 amide bonds. The number of ether oxygens (including phenoxy) is 1. The van der Waals surface area contributed by atoms with Crippen LogP contribution in [0.4, 0.5) is 9.18 Å². The third-order valence-electron chi connectivity index (χ3n) is 5.45. The second-order valence-electron chi connectivity index (χ2n) is 7.37. The second-order valence-corrected chi connectivity index (χ2v) is 7.37. The molecule has 2 aromatic rings. The maximum absolute atomic E-state index is 13.4. The minimum atomic E-state index is -0.983. The number of hydrogen-bond donors (Lipinski definition) is 1. The molecule has 3 rings (SSSR count). The van der Waals surface area contributed by atoms with Crippen LogP contribution in [0.15, 0.2) is 48.5 Å². The number of cyclic esters (lactones) is 1. The Bertz CT molecular complexity index is 851. The van der Waals surface area contributed by atoms with E-state index < -0.39 is 17.6 Å². The number of hydrogen-bond acceptors (Lipinski definition) is 3. The van der Waals surface area contributed by atoms with E-state index in [1.807, 2.05) is 38.1 Å². The quantitative estimate of drug-likeness (QED) is 0.811. The first-order valence-corrected chi connectivity index (χ1v) is 9.41. The number of halogens is 1. The minimum absolute atomic E-state index is 0.0815. The van der Waals surface area contributed by atoms with E-state index >= 15 is 0 Å². The van der Waals surface area contributed by atoms with E-state index in [-0.39, 0.29) is 24.7 Å². The molecule has 1 saturated heterocycles. The third-order valence-corrected chi connectivity index (χ3v) is 5.45. The van der Waals surface area contributed by atoms with Gasteiger partial charge >= 0.3 is 6.09 Å². The van der Waals surface area contributed by atoms with Gasteiger partial charge in [-0.3, -0.25) is 4.79 Å². The summed E-state index contributed by atoms with van der Waals surface area (Å²) in [6, 6.07) is 13.7. The van der Waals surface area contributed by atoms with Crippen LogP contribution in [0, 0.1) is 12.7 Å². The van der Waals surface area contributed by atoms with Crippen LogP contribution in [0.2, 0.25) is 0 Å². The molecule has 2 aromatic carbocycles. The van der Waals surface area contributed by atoms with Gasteiger partial charge < -0.3 is 15.4 Å². The molecule has 0 spiro atoms. The highest BCUT2D eigenvalue weighted by molar-refractivity contribution is 5.74. The maximum atomic E-state index is 13.4. The van der Waals surface area contributed by atoms with Gasteiger partial charge in [-0.1, -0.05) is 42.0 Å². The van der Waals surface area contributed by atoms with E-state index in [0.29, 0.717) is 18.5 Å². The van der Waals surface area contributed by atoms with Crippen LogP contribution in [0.25, 0.3) is 0 Å². The SMILES string of the molecule is Cc1ccc(C(C)N2CC[C@](CCC(N)=O)(c3ccc(F)cc3)OC2=O)cc1. The second kappa shape index (κ2) is 8.00. The van der Waals surface area contributed by atoms with Crippen molar-refractivity contribution in [1.82, 2.24) is 4.90 Å². The molecule has 1 fully saturated rings. The Labute approximate surface area is 164 Å². The largest absolute Gasteiger partial charge is 0.438 e. The van der Waals surface area contributed by atoms with Gasteiger partial charge in [0.05, 0.1) is 6.04 Å². The van der Waals surface area contributed by atoms with Gasteiger partial charge in [0, 0.05) is 25.8 Å². The molecular formula is C22H25FN2O3. The van der Waals surface area contributed by atoms with Crippen molar-refractivity contribution in [3.05, 3.63) is 71.0 Å². The number of carbonyl (C=O) groups excluding carboxylic acids is 2. The zero-order valence-electron chi connectivity index (χ0n) is 16.2. The smallest absolute Gasteiger partial charge is 0.411 e. The molecule has 28 heavy (non-hydrogen) atoms. The lowest BCUT2D eigenvalue weighted by Gasteiger charge is -2.43. The topological polar surface area (TPSA) is 72.6 Å². The molecule has 1 aliphatic rings.